The van der Waals surface area contributed by atoms with Gasteiger partial charge in [0.1, 0.15) is 41.6 Å². The summed E-state index contributed by atoms with van der Waals surface area (Å²) in [6.45, 7) is 0. The van der Waals surface area contributed by atoms with Crippen molar-refractivity contribution in [3.8, 4) is 0 Å². The van der Waals surface area contributed by atoms with Crippen molar-refractivity contribution in [2.24, 2.45) is 0 Å². The van der Waals surface area contributed by atoms with Gasteiger partial charge < -0.3 is 33.5 Å². The molecule has 3 fully saturated rings. The SMILES string of the molecule is O=C(O[C@@H]1[C@H](OC(=O)c2ccccc2F)[C@@H](OC(O)c2ccccc2F)[C@@H]2OC3(CCCCC3)O[C@@H]2[C@H]1OC(=O)c1ccccc1F)c1ccccc1F. The molecule has 0 aromatic heterocycles. The van der Waals surface area contributed by atoms with Crippen molar-refractivity contribution in [2.75, 3.05) is 0 Å². The van der Waals surface area contributed by atoms with Crippen LogP contribution in [0, 0.1) is 23.3 Å². The van der Waals surface area contributed by atoms with Gasteiger partial charge in [-0.1, -0.05) is 61.0 Å². The fraction of sp³-hybridized carbons (Fsp3) is 0.325. The van der Waals surface area contributed by atoms with Crippen LogP contribution in [0.2, 0.25) is 0 Å². The molecule has 1 N–H and O–H groups in total. The van der Waals surface area contributed by atoms with E-state index in [0.29, 0.717) is 25.7 Å². The van der Waals surface area contributed by atoms with Crippen LogP contribution in [0.15, 0.2) is 97.1 Å². The second-order valence-corrected chi connectivity index (χ2v) is 13.2. The van der Waals surface area contributed by atoms with Crippen molar-refractivity contribution < 1.29 is 65.5 Å². The summed E-state index contributed by atoms with van der Waals surface area (Å²) in [4.78, 5) is 41.2. The van der Waals surface area contributed by atoms with Crippen LogP contribution in [0.4, 0.5) is 17.6 Å². The van der Waals surface area contributed by atoms with E-state index in [1.54, 1.807) is 0 Å². The van der Waals surface area contributed by atoms with Crippen molar-refractivity contribution in [3.63, 3.8) is 0 Å². The summed E-state index contributed by atoms with van der Waals surface area (Å²) >= 11 is 0. The van der Waals surface area contributed by atoms with E-state index >= 15 is 0 Å². The number of halogens is 4. The first-order valence-corrected chi connectivity index (χ1v) is 17.4. The third kappa shape index (κ3) is 7.47. The van der Waals surface area contributed by atoms with Crippen LogP contribution in [0.3, 0.4) is 0 Å². The predicted molar refractivity (Wildman–Crippen MR) is 179 cm³/mol. The highest BCUT2D eigenvalue weighted by Crippen LogP contribution is 2.48. The van der Waals surface area contributed by atoms with Crippen LogP contribution in [0.1, 0.15) is 75.0 Å². The minimum atomic E-state index is -2.06. The number of carbonyl (C=O) groups is 3. The Morgan fingerprint density at radius 3 is 1.41 bits per heavy atom. The third-order valence-corrected chi connectivity index (χ3v) is 9.73. The Bertz CT molecular complexity index is 2020. The van der Waals surface area contributed by atoms with E-state index in [9.17, 15) is 37.1 Å². The van der Waals surface area contributed by atoms with Crippen LogP contribution >= 0.6 is 0 Å². The van der Waals surface area contributed by atoms with Gasteiger partial charge in [0.05, 0.1) is 16.7 Å². The monoisotopic (exact) mass is 750 g/mol. The number of hydrogen-bond acceptors (Lipinski definition) is 10. The topological polar surface area (TPSA) is 127 Å². The van der Waals surface area contributed by atoms with Gasteiger partial charge in [-0.2, -0.15) is 0 Å². The fourth-order valence-corrected chi connectivity index (χ4v) is 7.14. The summed E-state index contributed by atoms with van der Waals surface area (Å²) in [6.07, 6.45) is -9.44. The van der Waals surface area contributed by atoms with Crippen molar-refractivity contribution in [2.45, 2.75) is 80.8 Å². The molecule has 1 heterocycles. The van der Waals surface area contributed by atoms with E-state index < -0.39 is 107 Å². The summed E-state index contributed by atoms with van der Waals surface area (Å²) in [5.74, 6) is -8.95. The molecule has 10 nitrogen and oxygen atoms in total. The predicted octanol–water partition coefficient (Wildman–Crippen LogP) is 6.75. The minimum Gasteiger partial charge on any atom is -0.452 e. The second-order valence-electron chi connectivity index (χ2n) is 13.2. The third-order valence-electron chi connectivity index (χ3n) is 9.73. The number of aliphatic hydroxyl groups excluding tert-OH is 1. The van der Waals surface area contributed by atoms with Crippen molar-refractivity contribution >= 4 is 17.9 Å². The van der Waals surface area contributed by atoms with Gasteiger partial charge in [0.15, 0.2) is 30.4 Å². The van der Waals surface area contributed by atoms with Crippen LogP contribution in [-0.4, -0.2) is 65.4 Å². The Morgan fingerprint density at radius 2 is 0.944 bits per heavy atom. The van der Waals surface area contributed by atoms with E-state index in [-0.39, 0.29) is 5.56 Å². The molecule has 14 heteroatoms. The molecule has 282 valence electrons. The first-order chi connectivity index (χ1) is 26.0. The van der Waals surface area contributed by atoms with Gasteiger partial charge in [-0.15, -0.1) is 0 Å². The molecule has 0 amide bonds. The van der Waals surface area contributed by atoms with Gasteiger partial charge in [0.2, 0.25) is 0 Å². The maximum Gasteiger partial charge on any atom is 0.341 e. The van der Waals surface area contributed by atoms with Gasteiger partial charge in [-0.3, -0.25) is 0 Å². The number of fused-ring (bicyclic) bond motifs is 1. The number of hydrogen-bond donors (Lipinski definition) is 1. The van der Waals surface area contributed by atoms with Crippen molar-refractivity contribution in [3.05, 3.63) is 143 Å². The zero-order valence-corrected chi connectivity index (χ0v) is 28.4. The smallest absolute Gasteiger partial charge is 0.341 e. The number of aliphatic hydroxyl groups is 1. The number of rotatable bonds is 9. The Morgan fingerprint density at radius 1 is 0.556 bits per heavy atom. The average Bonchev–Trinajstić information content (AvgIpc) is 3.53. The lowest BCUT2D eigenvalue weighted by Gasteiger charge is -2.45. The molecule has 0 radical (unpaired) electrons. The molecule has 1 saturated heterocycles. The van der Waals surface area contributed by atoms with Gasteiger partial charge in [0.25, 0.3) is 0 Å². The van der Waals surface area contributed by atoms with E-state index in [4.69, 9.17) is 28.4 Å². The second kappa shape index (κ2) is 15.7. The summed E-state index contributed by atoms with van der Waals surface area (Å²) < 4.78 is 96.6. The molecule has 2 saturated carbocycles. The fourth-order valence-electron chi connectivity index (χ4n) is 7.14. The first kappa shape index (κ1) is 37.2. The lowest BCUT2D eigenvalue weighted by atomic mass is 9.84. The molecule has 2 aliphatic carbocycles. The highest BCUT2D eigenvalue weighted by molar-refractivity contribution is 5.91. The number of carbonyl (C=O) groups excluding carboxylic acids is 3. The van der Waals surface area contributed by atoms with E-state index in [0.717, 1.165) is 48.9 Å². The summed E-state index contributed by atoms with van der Waals surface area (Å²) in [5.41, 5.74) is -1.95. The Balaban J connectivity index is 1.37. The van der Waals surface area contributed by atoms with Gasteiger partial charge in [-0.25, -0.2) is 31.9 Å². The van der Waals surface area contributed by atoms with Crippen LogP contribution in [0.5, 0.6) is 0 Å². The summed E-state index contributed by atoms with van der Waals surface area (Å²) in [5, 5.41) is 11.3. The Labute approximate surface area is 306 Å². The van der Waals surface area contributed by atoms with Crippen molar-refractivity contribution in [1.82, 2.24) is 0 Å². The van der Waals surface area contributed by atoms with E-state index in [2.05, 4.69) is 0 Å². The molecule has 4 aromatic rings. The molecule has 54 heavy (non-hydrogen) atoms. The standard InChI is InChI=1S/C40H34F4O10/c41-26-16-6-2-12-22(26)36(45)49-30-31(50-37(46)23-13-3-7-17-27(23)42)33(52-39(48)25-15-5-9-19-29(25)44)35-34(53-40(54-35)20-10-1-11-21-40)32(30)51-38(47)24-14-4-8-18-28(24)43/h2-9,12-19,30-35,38,47H,1,10-11,20-21H2/t30-,31+,32+,33-,34-,35+,38?/m0/s1. The maximum absolute atomic E-state index is 15.0. The lowest BCUT2D eigenvalue weighted by molar-refractivity contribution is -0.252. The average molecular weight is 751 g/mol. The molecular weight excluding hydrogens is 716 g/mol. The molecule has 1 spiro atoms. The minimum absolute atomic E-state index is 0.326. The number of benzene rings is 4. The van der Waals surface area contributed by atoms with E-state index in [1.807, 2.05) is 0 Å². The Hall–Kier alpha value is -5.15. The van der Waals surface area contributed by atoms with E-state index in [1.165, 1.54) is 54.6 Å². The number of esters is 3. The van der Waals surface area contributed by atoms with Crippen LogP contribution < -0.4 is 0 Å². The highest BCUT2D eigenvalue weighted by Gasteiger charge is 2.65. The molecule has 4 aromatic carbocycles. The summed E-state index contributed by atoms with van der Waals surface area (Å²) in [6, 6.07) is 19.7. The van der Waals surface area contributed by atoms with Gasteiger partial charge in [-0.05, 0) is 55.3 Å². The van der Waals surface area contributed by atoms with Crippen LogP contribution in [-0.2, 0) is 28.4 Å². The largest absolute Gasteiger partial charge is 0.452 e. The zero-order valence-electron chi connectivity index (χ0n) is 28.4. The van der Waals surface area contributed by atoms with Gasteiger partial charge >= 0.3 is 17.9 Å². The molecule has 7 atom stereocenters. The molecule has 1 unspecified atom stereocenters. The van der Waals surface area contributed by atoms with Gasteiger partial charge in [0, 0.05) is 18.4 Å². The quantitative estimate of drug-likeness (QED) is 0.0850. The maximum atomic E-state index is 15.0. The Kier molecular flexibility index (Phi) is 10.8. The molecule has 3 aliphatic rings. The molecule has 7 rings (SSSR count). The molecular formula is C40H34F4O10. The summed E-state index contributed by atoms with van der Waals surface area (Å²) in [7, 11) is 0. The molecule has 1 aliphatic heterocycles. The first-order valence-electron chi connectivity index (χ1n) is 17.4. The van der Waals surface area contributed by atoms with Crippen molar-refractivity contribution in [1.29, 1.82) is 0 Å². The molecule has 0 bridgehead atoms. The number of ether oxygens (including phenoxy) is 6. The lowest BCUT2D eigenvalue weighted by Crippen LogP contribution is -2.66. The highest BCUT2D eigenvalue weighted by atomic mass is 19.1. The van der Waals surface area contributed by atoms with Crippen LogP contribution in [0.25, 0.3) is 0 Å². The zero-order chi connectivity index (χ0) is 38.0. The normalized spacial score (nSPS) is 25.0.